The summed E-state index contributed by atoms with van der Waals surface area (Å²) in [6.07, 6.45) is 0. The lowest BCUT2D eigenvalue weighted by Gasteiger charge is -2.17. The van der Waals surface area contributed by atoms with Gasteiger partial charge in [0.15, 0.2) is 5.78 Å². The first kappa shape index (κ1) is 10.9. The van der Waals surface area contributed by atoms with Gasteiger partial charge in [-0.25, -0.2) is 4.98 Å². The fourth-order valence-electron chi connectivity index (χ4n) is 2.06. The second-order valence-electron chi connectivity index (χ2n) is 3.90. The number of halogens is 1. The largest absolute Gasteiger partial charge is 0.398 e. The van der Waals surface area contributed by atoms with Gasteiger partial charge in [0.05, 0.1) is 33.2 Å². The maximum Gasteiger partial charge on any atom is 0.176 e. The third-order valence-electron chi connectivity index (χ3n) is 2.83. The molecule has 1 aliphatic heterocycles. The van der Waals surface area contributed by atoms with E-state index in [0.717, 1.165) is 11.1 Å². The lowest BCUT2D eigenvalue weighted by atomic mass is 10.0. The number of fused-ring (bicyclic) bond motifs is 2. The molecule has 0 saturated heterocycles. The minimum absolute atomic E-state index is 0.0584. The molecule has 0 saturated carbocycles. The van der Waals surface area contributed by atoms with E-state index >= 15 is 0 Å². The second-order valence-corrected chi connectivity index (χ2v) is 5.29. The average Bonchev–Trinajstić information content (AvgIpc) is 2.31. The maximum absolute atomic E-state index is 11.9. The molecule has 0 atom stereocenters. The van der Waals surface area contributed by atoms with Gasteiger partial charge >= 0.3 is 0 Å². The molecule has 0 spiro atoms. The summed E-state index contributed by atoms with van der Waals surface area (Å²) in [5, 5.41) is 1.33. The highest BCUT2D eigenvalue weighted by Gasteiger charge is 2.23. The van der Waals surface area contributed by atoms with Gasteiger partial charge in [-0.15, -0.1) is 11.8 Å². The molecule has 2 N–H and O–H groups in total. The third kappa shape index (κ3) is 1.59. The molecule has 1 aromatic heterocycles. The fraction of sp³-hybridized carbons (Fsp3) is 0.167. The van der Waals surface area contributed by atoms with Crippen molar-refractivity contribution in [1.82, 2.24) is 4.98 Å². The molecule has 5 heteroatoms. The molecule has 1 aliphatic rings. The predicted molar refractivity (Wildman–Crippen MR) is 71.7 cm³/mol. The zero-order valence-electron chi connectivity index (χ0n) is 8.87. The number of pyridine rings is 1. The van der Waals surface area contributed by atoms with Gasteiger partial charge in [0.2, 0.25) is 0 Å². The highest BCUT2D eigenvalue weighted by molar-refractivity contribution is 7.99. The lowest BCUT2D eigenvalue weighted by molar-refractivity contribution is 0.102. The SMILES string of the molecule is Nc1c2c(nc3c(Cl)cccc13)CSCC2=O. The van der Waals surface area contributed by atoms with Gasteiger partial charge in [0.1, 0.15) is 0 Å². The first-order valence-corrected chi connectivity index (χ1v) is 6.69. The Hall–Kier alpha value is -1.26. The van der Waals surface area contributed by atoms with E-state index in [1.165, 1.54) is 0 Å². The number of ketones is 1. The summed E-state index contributed by atoms with van der Waals surface area (Å²) >= 11 is 7.66. The summed E-state index contributed by atoms with van der Waals surface area (Å²) in [6, 6.07) is 5.44. The Morgan fingerprint density at radius 3 is 3.00 bits per heavy atom. The van der Waals surface area contributed by atoms with Gasteiger partial charge in [0.25, 0.3) is 0 Å². The first-order valence-electron chi connectivity index (χ1n) is 5.16. The quantitative estimate of drug-likeness (QED) is 0.795. The molecule has 0 fully saturated rings. The number of para-hydroxylation sites is 1. The van der Waals surface area contributed by atoms with E-state index in [9.17, 15) is 4.79 Å². The molecule has 2 aromatic rings. The minimum atomic E-state index is 0.0584. The van der Waals surface area contributed by atoms with Crippen molar-refractivity contribution < 1.29 is 4.79 Å². The summed E-state index contributed by atoms with van der Waals surface area (Å²) in [6.45, 7) is 0. The summed E-state index contributed by atoms with van der Waals surface area (Å²) in [4.78, 5) is 16.3. The van der Waals surface area contributed by atoms with Crippen LogP contribution >= 0.6 is 23.4 Å². The number of nitrogens with zero attached hydrogens (tertiary/aromatic N) is 1. The third-order valence-corrected chi connectivity index (χ3v) is 4.08. The highest BCUT2D eigenvalue weighted by Crippen LogP contribution is 2.34. The molecular formula is C12H9ClN2OS. The Balaban J connectivity index is 2.43. The minimum Gasteiger partial charge on any atom is -0.398 e. The van der Waals surface area contributed by atoms with Gasteiger partial charge < -0.3 is 5.73 Å². The lowest BCUT2D eigenvalue weighted by Crippen LogP contribution is -2.16. The molecule has 2 heterocycles. The Morgan fingerprint density at radius 2 is 2.18 bits per heavy atom. The molecule has 3 nitrogen and oxygen atoms in total. The van der Waals surface area contributed by atoms with Crippen molar-refractivity contribution in [3.05, 3.63) is 34.5 Å². The van der Waals surface area contributed by atoms with Crippen molar-refractivity contribution in [2.45, 2.75) is 5.75 Å². The average molecular weight is 265 g/mol. The number of benzene rings is 1. The molecule has 0 amide bonds. The van der Waals surface area contributed by atoms with Crippen molar-refractivity contribution in [3.63, 3.8) is 0 Å². The van der Waals surface area contributed by atoms with Crippen LogP contribution in [-0.4, -0.2) is 16.5 Å². The van der Waals surface area contributed by atoms with E-state index in [1.54, 1.807) is 17.8 Å². The smallest absolute Gasteiger partial charge is 0.176 e. The standard InChI is InChI=1S/C12H9ClN2OS/c13-7-3-1-2-6-11(14)10-8(15-12(6)7)4-17-5-9(10)16/h1-3H,4-5H2,(H2,14,15). The molecule has 0 aliphatic carbocycles. The number of hydrogen-bond acceptors (Lipinski definition) is 4. The van der Waals surface area contributed by atoms with Crippen molar-refractivity contribution in [2.24, 2.45) is 0 Å². The van der Waals surface area contributed by atoms with Crippen LogP contribution in [0.3, 0.4) is 0 Å². The van der Waals surface area contributed by atoms with Crippen molar-refractivity contribution in [1.29, 1.82) is 0 Å². The van der Waals surface area contributed by atoms with E-state index in [0.29, 0.717) is 33.3 Å². The molecule has 3 rings (SSSR count). The van der Waals surface area contributed by atoms with Crippen LogP contribution < -0.4 is 5.73 Å². The van der Waals surface area contributed by atoms with Gasteiger partial charge in [-0.3, -0.25) is 4.79 Å². The molecule has 17 heavy (non-hydrogen) atoms. The van der Waals surface area contributed by atoms with Crippen LogP contribution in [0.1, 0.15) is 16.1 Å². The molecule has 0 bridgehead atoms. The number of nitrogens with two attached hydrogens (primary N) is 1. The van der Waals surface area contributed by atoms with E-state index in [-0.39, 0.29) is 5.78 Å². The number of aromatic nitrogens is 1. The summed E-state index contributed by atoms with van der Waals surface area (Å²) in [5.41, 5.74) is 8.60. The van der Waals surface area contributed by atoms with E-state index in [4.69, 9.17) is 17.3 Å². The zero-order valence-corrected chi connectivity index (χ0v) is 10.4. The first-order chi connectivity index (χ1) is 8.18. The zero-order chi connectivity index (χ0) is 12.0. The summed E-state index contributed by atoms with van der Waals surface area (Å²) in [7, 11) is 0. The Kier molecular flexibility index (Phi) is 2.49. The maximum atomic E-state index is 11.9. The Bertz CT molecular complexity index is 642. The van der Waals surface area contributed by atoms with Crippen LogP contribution in [0.2, 0.25) is 5.02 Å². The predicted octanol–water partition coefficient (Wildman–Crippen LogP) is 2.90. The van der Waals surface area contributed by atoms with E-state index in [1.807, 2.05) is 12.1 Å². The van der Waals surface area contributed by atoms with Gasteiger partial charge in [-0.05, 0) is 6.07 Å². The monoisotopic (exact) mass is 264 g/mol. The van der Waals surface area contributed by atoms with Crippen LogP contribution in [0, 0.1) is 0 Å². The number of carbonyl (C=O) groups excluding carboxylic acids is 1. The number of carbonyl (C=O) groups is 1. The Labute approximate surface area is 107 Å². The number of anilines is 1. The van der Waals surface area contributed by atoms with Crippen LogP contribution in [0.25, 0.3) is 10.9 Å². The molecule has 0 unspecified atom stereocenters. The van der Waals surface area contributed by atoms with Crippen LogP contribution in [0.5, 0.6) is 0 Å². The van der Waals surface area contributed by atoms with E-state index in [2.05, 4.69) is 4.98 Å². The Morgan fingerprint density at radius 1 is 1.35 bits per heavy atom. The van der Waals surface area contributed by atoms with Crippen molar-refractivity contribution in [2.75, 3.05) is 11.5 Å². The van der Waals surface area contributed by atoms with Crippen LogP contribution in [-0.2, 0) is 5.75 Å². The second kappa shape index (κ2) is 3.89. The van der Waals surface area contributed by atoms with E-state index < -0.39 is 0 Å². The van der Waals surface area contributed by atoms with Gasteiger partial charge in [0, 0.05) is 11.1 Å². The molecule has 86 valence electrons. The summed E-state index contributed by atoms with van der Waals surface area (Å²) in [5.74, 6) is 1.25. The number of nitrogen functional groups attached to an aromatic ring is 1. The highest BCUT2D eigenvalue weighted by atomic mass is 35.5. The fourth-order valence-corrected chi connectivity index (χ4v) is 3.11. The number of thioether (sulfide) groups is 1. The molecular weight excluding hydrogens is 256 g/mol. The topological polar surface area (TPSA) is 56.0 Å². The number of rotatable bonds is 0. The number of hydrogen-bond donors (Lipinski definition) is 1. The van der Waals surface area contributed by atoms with Crippen molar-refractivity contribution >= 4 is 45.7 Å². The normalized spacial score (nSPS) is 15.0. The van der Waals surface area contributed by atoms with Crippen molar-refractivity contribution in [3.8, 4) is 0 Å². The van der Waals surface area contributed by atoms with Gasteiger partial charge in [-0.1, -0.05) is 23.7 Å². The number of Topliss-reactive ketones (excluding diaryl/α,β-unsaturated/α-hetero) is 1. The van der Waals surface area contributed by atoms with Crippen LogP contribution in [0.4, 0.5) is 5.69 Å². The van der Waals surface area contributed by atoms with Crippen LogP contribution in [0.15, 0.2) is 18.2 Å². The molecule has 0 radical (unpaired) electrons. The molecule has 1 aromatic carbocycles. The van der Waals surface area contributed by atoms with Gasteiger partial charge in [-0.2, -0.15) is 0 Å². The summed E-state index contributed by atoms with van der Waals surface area (Å²) < 4.78 is 0.